The van der Waals surface area contributed by atoms with Crippen LogP contribution in [0, 0.1) is 0 Å². The number of carboxylic acids is 1. The summed E-state index contributed by atoms with van der Waals surface area (Å²) in [6, 6.07) is 4.15. The molecule has 0 aliphatic rings. The fraction of sp³-hybridized carbons (Fsp3) is 0.300. The number of nitrogens with two attached hydrogens (primary N) is 1. The molecule has 0 heterocycles. The van der Waals surface area contributed by atoms with Gasteiger partial charge in [-0.15, -0.1) is 0 Å². The van der Waals surface area contributed by atoms with Crippen molar-refractivity contribution in [2.75, 3.05) is 0 Å². The van der Waals surface area contributed by atoms with Gasteiger partial charge in [0.2, 0.25) is 0 Å². The molecule has 0 aliphatic carbocycles. The molecule has 0 unspecified atom stereocenters. The van der Waals surface area contributed by atoms with E-state index in [9.17, 15) is 9.90 Å². The third-order valence-electron chi connectivity index (χ3n) is 2.06. The standard InChI is InChI=1S/C10H12INO3/c11-5-7-3-6(1-2-9(7)13)4-8(12)10(14)15/h1-3,8,13H,4-5,12H2,(H,14,15)/t8-/m0/s1. The lowest BCUT2D eigenvalue weighted by atomic mass is 10.0. The summed E-state index contributed by atoms with van der Waals surface area (Å²) < 4.78 is 0.680. The zero-order chi connectivity index (χ0) is 11.4. The maximum absolute atomic E-state index is 10.5. The van der Waals surface area contributed by atoms with Gasteiger partial charge in [-0.05, 0) is 18.1 Å². The van der Waals surface area contributed by atoms with Crippen LogP contribution in [0.25, 0.3) is 0 Å². The van der Waals surface area contributed by atoms with Gasteiger partial charge in [0.1, 0.15) is 11.8 Å². The summed E-state index contributed by atoms with van der Waals surface area (Å²) >= 11 is 2.14. The van der Waals surface area contributed by atoms with Gasteiger partial charge < -0.3 is 15.9 Å². The number of hydrogen-bond donors (Lipinski definition) is 3. The van der Waals surface area contributed by atoms with Crippen LogP contribution in [0.1, 0.15) is 11.1 Å². The van der Waals surface area contributed by atoms with Crippen molar-refractivity contribution < 1.29 is 15.0 Å². The van der Waals surface area contributed by atoms with Gasteiger partial charge in [0, 0.05) is 9.99 Å². The predicted molar refractivity (Wildman–Crippen MR) is 65.1 cm³/mol. The van der Waals surface area contributed by atoms with E-state index in [1.165, 1.54) is 0 Å². The van der Waals surface area contributed by atoms with E-state index < -0.39 is 12.0 Å². The van der Waals surface area contributed by atoms with Crippen molar-refractivity contribution in [3.63, 3.8) is 0 Å². The average Bonchev–Trinajstić information content (AvgIpc) is 2.20. The molecule has 82 valence electrons. The van der Waals surface area contributed by atoms with Crippen LogP contribution >= 0.6 is 22.6 Å². The molecule has 0 amide bonds. The molecule has 5 heteroatoms. The summed E-state index contributed by atoms with van der Waals surface area (Å²) in [4.78, 5) is 10.5. The second-order valence-corrected chi connectivity index (χ2v) is 4.01. The maximum atomic E-state index is 10.5. The van der Waals surface area contributed by atoms with Crippen LogP contribution in [0.15, 0.2) is 18.2 Å². The molecule has 0 aliphatic heterocycles. The molecule has 0 saturated heterocycles. The number of benzene rings is 1. The Morgan fingerprint density at radius 2 is 2.20 bits per heavy atom. The first kappa shape index (κ1) is 12.3. The monoisotopic (exact) mass is 321 g/mol. The number of aliphatic carboxylic acids is 1. The van der Waals surface area contributed by atoms with E-state index in [0.29, 0.717) is 4.43 Å². The van der Waals surface area contributed by atoms with E-state index in [1.54, 1.807) is 18.2 Å². The number of alkyl halides is 1. The Morgan fingerprint density at radius 1 is 1.53 bits per heavy atom. The number of carbonyl (C=O) groups is 1. The second-order valence-electron chi connectivity index (χ2n) is 3.25. The highest BCUT2D eigenvalue weighted by Gasteiger charge is 2.12. The van der Waals surface area contributed by atoms with Crippen LogP contribution in [0.4, 0.5) is 0 Å². The van der Waals surface area contributed by atoms with Crippen LogP contribution in [-0.2, 0) is 15.6 Å². The molecule has 1 aromatic rings. The number of phenols is 1. The lowest BCUT2D eigenvalue weighted by molar-refractivity contribution is -0.138. The summed E-state index contributed by atoms with van der Waals surface area (Å²) in [5.74, 6) is -0.781. The molecule has 1 aromatic carbocycles. The minimum Gasteiger partial charge on any atom is -0.508 e. The lowest BCUT2D eigenvalue weighted by Crippen LogP contribution is -2.32. The van der Waals surface area contributed by atoms with Crippen LogP contribution in [0.5, 0.6) is 5.75 Å². The minimum atomic E-state index is -1.01. The van der Waals surface area contributed by atoms with Gasteiger partial charge in [-0.2, -0.15) is 0 Å². The zero-order valence-corrected chi connectivity index (χ0v) is 10.1. The van der Waals surface area contributed by atoms with Gasteiger partial charge in [-0.3, -0.25) is 4.79 Å². The van der Waals surface area contributed by atoms with Gasteiger partial charge >= 0.3 is 5.97 Å². The molecule has 4 nitrogen and oxygen atoms in total. The number of rotatable bonds is 4. The van der Waals surface area contributed by atoms with Crippen LogP contribution < -0.4 is 5.73 Å². The van der Waals surface area contributed by atoms with Crippen molar-refractivity contribution in [3.8, 4) is 5.75 Å². The van der Waals surface area contributed by atoms with Crippen molar-refractivity contribution in [1.82, 2.24) is 0 Å². The van der Waals surface area contributed by atoms with E-state index in [0.717, 1.165) is 11.1 Å². The van der Waals surface area contributed by atoms with E-state index in [1.807, 2.05) is 0 Å². The Bertz CT molecular complexity index is 368. The molecule has 4 N–H and O–H groups in total. The first-order chi connectivity index (χ1) is 7.04. The number of hydrogen-bond acceptors (Lipinski definition) is 3. The third-order valence-corrected chi connectivity index (χ3v) is 2.88. The Labute approximate surface area is 101 Å². The Hall–Kier alpha value is -0.820. The van der Waals surface area contributed by atoms with Crippen molar-refractivity contribution in [2.45, 2.75) is 16.9 Å². The summed E-state index contributed by atoms with van der Waals surface area (Å²) in [6.45, 7) is 0. The van der Waals surface area contributed by atoms with Crippen molar-refractivity contribution in [2.24, 2.45) is 5.73 Å². The molecule has 0 radical (unpaired) electrons. The van der Waals surface area contributed by atoms with E-state index in [4.69, 9.17) is 10.8 Å². The number of phenolic OH excluding ortho intramolecular Hbond substituents is 1. The molecule has 0 bridgehead atoms. The largest absolute Gasteiger partial charge is 0.508 e. The zero-order valence-electron chi connectivity index (χ0n) is 7.98. The van der Waals surface area contributed by atoms with Crippen LogP contribution in [0.2, 0.25) is 0 Å². The van der Waals surface area contributed by atoms with Gasteiger partial charge in [0.05, 0.1) is 0 Å². The molecule has 0 spiro atoms. The van der Waals surface area contributed by atoms with Crippen LogP contribution in [-0.4, -0.2) is 22.2 Å². The van der Waals surface area contributed by atoms with Gasteiger partial charge in [0.25, 0.3) is 0 Å². The second kappa shape index (κ2) is 5.32. The Morgan fingerprint density at radius 3 is 2.73 bits per heavy atom. The molecular weight excluding hydrogens is 309 g/mol. The fourth-order valence-electron chi connectivity index (χ4n) is 1.21. The van der Waals surface area contributed by atoms with E-state index in [-0.39, 0.29) is 12.2 Å². The topological polar surface area (TPSA) is 83.5 Å². The summed E-state index contributed by atoms with van der Waals surface area (Å²) in [6.07, 6.45) is 0.277. The molecule has 1 rings (SSSR count). The normalized spacial score (nSPS) is 12.4. The smallest absolute Gasteiger partial charge is 0.320 e. The highest BCUT2D eigenvalue weighted by molar-refractivity contribution is 14.1. The summed E-state index contributed by atoms with van der Waals surface area (Å²) in [5.41, 5.74) is 7.04. The fourth-order valence-corrected chi connectivity index (χ4v) is 1.83. The van der Waals surface area contributed by atoms with Crippen molar-refractivity contribution in [3.05, 3.63) is 29.3 Å². The van der Waals surface area contributed by atoms with E-state index >= 15 is 0 Å². The van der Waals surface area contributed by atoms with Gasteiger partial charge in [-0.25, -0.2) is 0 Å². The molecule has 0 fully saturated rings. The highest BCUT2D eigenvalue weighted by Crippen LogP contribution is 2.21. The number of aromatic hydroxyl groups is 1. The Balaban J connectivity index is 2.83. The SMILES string of the molecule is N[C@@H](Cc1ccc(O)c(CI)c1)C(=O)O. The Kier molecular flexibility index (Phi) is 4.34. The third kappa shape index (κ3) is 3.35. The van der Waals surface area contributed by atoms with Crippen LogP contribution in [0.3, 0.4) is 0 Å². The van der Waals surface area contributed by atoms with Gasteiger partial charge in [0.15, 0.2) is 0 Å². The molecule has 0 saturated carbocycles. The quantitative estimate of drug-likeness (QED) is 0.576. The first-order valence-electron chi connectivity index (χ1n) is 4.39. The first-order valence-corrected chi connectivity index (χ1v) is 5.92. The van der Waals surface area contributed by atoms with Crippen molar-refractivity contribution >= 4 is 28.6 Å². The molecule has 15 heavy (non-hydrogen) atoms. The van der Waals surface area contributed by atoms with E-state index in [2.05, 4.69) is 22.6 Å². The summed E-state index contributed by atoms with van der Waals surface area (Å²) in [7, 11) is 0. The molecule has 1 atom stereocenters. The molecular formula is C10H12INO3. The average molecular weight is 321 g/mol. The lowest BCUT2D eigenvalue weighted by Gasteiger charge is -2.08. The summed E-state index contributed by atoms with van der Waals surface area (Å²) in [5, 5.41) is 18.1. The number of halogens is 1. The highest BCUT2D eigenvalue weighted by atomic mass is 127. The van der Waals surface area contributed by atoms with Gasteiger partial charge in [-0.1, -0.05) is 34.7 Å². The predicted octanol–water partition coefficient (Wildman–Crippen LogP) is 1.28. The molecule has 0 aromatic heterocycles. The van der Waals surface area contributed by atoms with Crippen molar-refractivity contribution in [1.29, 1.82) is 0 Å². The minimum absolute atomic E-state index is 0.233. The number of carboxylic acid groups (broad SMARTS) is 1. The maximum Gasteiger partial charge on any atom is 0.320 e.